The molecule has 0 radical (unpaired) electrons. The minimum Gasteiger partial charge on any atom is -0.494 e. The number of anilines is 4. The molecular formula is C25H31N7O. The van der Waals surface area contributed by atoms with E-state index in [1.54, 1.807) is 33.5 Å². The van der Waals surface area contributed by atoms with E-state index in [1.165, 1.54) is 4.90 Å². The van der Waals surface area contributed by atoms with Crippen molar-refractivity contribution in [2.45, 2.75) is 6.42 Å². The molecule has 172 valence electrons. The average Bonchev–Trinajstić information content (AvgIpc) is 3.20. The van der Waals surface area contributed by atoms with Gasteiger partial charge in [0.05, 0.1) is 29.9 Å². The first kappa shape index (κ1) is 18.8. The fourth-order valence-electron chi connectivity index (χ4n) is 4.00. The predicted molar refractivity (Wildman–Crippen MR) is 136 cm³/mol. The first-order valence-corrected chi connectivity index (χ1v) is 10.7. The summed E-state index contributed by atoms with van der Waals surface area (Å²) in [7, 11) is 6.91. The highest BCUT2D eigenvalue weighted by atomic mass is 16.5. The number of ether oxygens (including phenoxy) is 1. The molecule has 0 aliphatic rings. The molecular weight excluding hydrogens is 414 g/mol. The van der Waals surface area contributed by atoms with Gasteiger partial charge in [-0.3, -0.25) is 0 Å². The van der Waals surface area contributed by atoms with Crippen molar-refractivity contribution >= 4 is 33.9 Å². The Bertz CT molecular complexity index is 1380. The summed E-state index contributed by atoms with van der Waals surface area (Å²) in [6.45, 7) is -1.94. The molecule has 0 fully saturated rings. The Labute approximate surface area is 198 Å². The molecule has 4 N–H and O–H groups in total. The van der Waals surface area contributed by atoms with Crippen LogP contribution in [0.4, 0.5) is 23.0 Å². The number of aromatic nitrogens is 3. The number of rotatable bonds is 8. The lowest BCUT2D eigenvalue weighted by Gasteiger charge is -2.21. The summed E-state index contributed by atoms with van der Waals surface area (Å²) in [5, 5.41) is 7.46. The normalized spacial score (nSPS) is 12.9. The number of para-hydroxylation sites is 1. The monoisotopic (exact) mass is 448 g/mol. The van der Waals surface area contributed by atoms with Crippen molar-refractivity contribution < 1.29 is 8.85 Å². The molecule has 0 saturated carbocycles. The van der Waals surface area contributed by atoms with E-state index in [4.69, 9.17) is 19.6 Å². The minimum absolute atomic E-state index is 0.266. The molecule has 4 aromatic rings. The Balaban J connectivity index is 1.74. The Morgan fingerprint density at radius 1 is 1.27 bits per heavy atom. The quantitative estimate of drug-likeness (QED) is 0.349. The maximum atomic E-state index is 7.67. The zero-order valence-electron chi connectivity index (χ0n) is 22.3. The highest BCUT2D eigenvalue weighted by Gasteiger charge is 2.19. The van der Waals surface area contributed by atoms with Crippen LogP contribution < -0.4 is 21.1 Å². The van der Waals surface area contributed by atoms with Crippen molar-refractivity contribution in [3.63, 3.8) is 0 Å². The van der Waals surface area contributed by atoms with Crippen molar-refractivity contribution in [1.82, 2.24) is 19.4 Å². The van der Waals surface area contributed by atoms with Gasteiger partial charge >= 0.3 is 0 Å². The summed E-state index contributed by atoms with van der Waals surface area (Å²) in [6.07, 6.45) is 4.12. The van der Waals surface area contributed by atoms with E-state index in [9.17, 15) is 0 Å². The van der Waals surface area contributed by atoms with Gasteiger partial charge in [-0.2, -0.15) is 0 Å². The SMILES string of the molecule is [2H]C([2H])([2H])N(C)CCc1c(N)c(NC)cc(OC)c1Nc1nccc(-c2cn(C)c3ccccc23)n1. The van der Waals surface area contributed by atoms with E-state index in [-0.39, 0.29) is 6.54 Å². The number of aryl methyl sites for hydroxylation is 1. The topological polar surface area (TPSA) is 93.3 Å². The molecule has 2 aromatic carbocycles. The third kappa shape index (κ3) is 4.42. The first-order valence-electron chi connectivity index (χ1n) is 12.2. The number of hydrogen-bond donors (Lipinski definition) is 3. The highest BCUT2D eigenvalue weighted by molar-refractivity contribution is 5.95. The van der Waals surface area contributed by atoms with Gasteiger partial charge in [0.2, 0.25) is 5.95 Å². The minimum atomic E-state index is -2.21. The zero-order chi connectivity index (χ0) is 26.0. The Morgan fingerprint density at radius 2 is 2.09 bits per heavy atom. The van der Waals surface area contributed by atoms with Crippen molar-refractivity contribution in [2.24, 2.45) is 7.05 Å². The Kier molecular flexibility index (Phi) is 5.33. The number of nitrogen functional groups attached to an aromatic ring is 1. The van der Waals surface area contributed by atoms with E-state index in [0.717, 1.165) is 22.2 Å². The molecule has 0 aliphatic heterocycles. The number of nitrogens with one attached hydrogen (secondary N) is 2. The molecule has 8 nitrogen and oxygen atoms in total. The van der Waals surface area contributed by atoms with Gasteiger partial charge < -0.3 is 30.6 Å². The van der Waals surface area contributed by atoms with Crippen molar-refractivity contribution in [3.05, 3.63) is 54.4 Å². The summed E-state index contributed by atoms with van der Waals surface area (Å²) < 4.78 is 30.7. The van der Waals surface area contributed by atoms with Gasteiger partial charge in [0.1, 0.15) is 5.75 Å². The summed E-state index contributed by atoms with van der Waals surface area (Å²) in [5.41, 5.74) is 11.9. The number of benzene rings is 2. The van der Waals surface area contributed by atoms with Crippen LogP contribution >= 0.6 is 0 Å². The van der Waals surface area contributed by atoms with Gasteiger partial charge in [0, 0.05) is 65.2 Å². The van der Waals surface area contributed by atoms with Crippen molar-refractivity contribution in [2.75, 3.05) is 51.1 Å². The van der Waals surface area contributed by atoms with Crippen LogP contribution in [0, 0.1) is 0 Å². The second-order valence-corrected chi connectivity index (χ2v) is 7.88. The van der Waals surface area contributed by atoms with Crippen LogP contribution in [0.2, 0.25) is 0 Å². The number of nitrogens with zero attached hydrogens (tertiary/aromatic N) is 4. The maximum absolute atomic E-state index is 7.67. The van der Waals surface area contributed by atoms with Gasteiger partial charge in [0.25, 0.3) is 0 Å². The lowest BCUT2D eigenvalue weighted by Crippen LogP contribution is -2.17. The number of fused-ring (bicyclic) bond motifs is 1. The number of methoxy groups -OCH3 is 1. The maximum Gasteiger partial charge on any atom is 0.227 e. The second kappa shape index (κ2) is 9.38. The van der Waals surface area contributed by atoms with E-state index < -0.39 is 6.98 Å². The Hall–Kier alpha value is -3.78. The molecule has 0 unspecified atom stereocenters. The van der Waals surface area contributed by atoms with E-state index in [1.807, 2.05) is 31.4 Å². The van der Waals surface area contributed by atoms with E-state index in [0.29, 0.717) is 40.7 Å². The first-order chi connectivity index (χ1) is 17.1. The third-order valence-electron chi connectivity index (χ3n) is 5.69. The number of nitrogens with two attached hydrogens (primary N) is 1. The fraction of sp³-hybridized carbons (Fsp3) is 0.280. The summed E-state index contributed by atoms with van der Waals surface area (Å²) in [4.78, 5) is 10.5. The van der Waals surface area contributed by atoms with Crippen LogP contribution in [0.5, 0.6) is 5.75 Å². The van der Waals surface area contributed by atoms with Crippen LogP contribution in [0.1, 0.15) is 9.68 Å². The molecule has 4 rings (SSSR count). The average molecular weight is 449 g/mol. The molecule has 0 saturated heterocycles. The molecule has 2 heterocycles. The van der Waals surface area contributed by atoms with Gasteiger partial charge in [-0.15, -0.1) is 0 Å². The lowest BCUT2D eigenvalue weighted by molar-refractivity contribution is 0.409. The molecule has 33 heavy (non-hydrogen) atoms. The zero-order valence-corrected chi connectivity index (χ0v) is 19.3. The Morgan fingerprint density at radius 3 is 2.85 bits per heavy atom. The van der Waals surface area contributed by atoms with Crippen molar-refractivity contribution in [3.8, 4) is 17.0 Å². The van der Waals surface area contributed by atoms with Crippen LogP contribution in [0.3, 0.4) is 0 Å². The summed E-state index contributed by atoms with van der Waals surface area (Å²) >= 11 is 0. The smallest absolute Gasteiger partial charge is 0.227 e. The number of likely N-dealkylation sites (N-methyl/N-ethyl adjacent to an activating group) is 1. The largest absolute Gasteiger partial charge is 0.494 e. The lowest BCUT2D eigenvalue weighted by atomic mass is 10.0. The van der Waals surface area contributed by atoms with Crippen LogP contribution in [-0.2, 0) is 13.5 Å². The summed E-state index contributed by atoms with van der Waals surface area (Å²) in [5.74, 6) is 0.917. The molecule has 0 bridgehead atoms. The molecule has 0 spiro atoms. The van der Waals surface area contributed by atoms with Crippen molar-refractivity contribution in [1.29, 1.82) is 0 Å². The molecule has 0 amide bonds. The van der Waals surface area contributed by atoms with Gasteiger partial charge in [0.15, 0.2) is 0 Å². The summed E-state index contributed by atoms with van der Waals surface area (Å²) in [6, 6.07) is 11.8. The fourth-order valence-corrected chi connectivity index (χ4v) is 4.00. The standard InChI is InChI=1S/C25H31N7O/c1-27-20-14-22(33-5)24(17(23(20)26)11-13-31(2)3)30-25-28-12-10-19(29-25)18-15-32(4)21-9-7-6-8-16(18)21/h6-10,12,14-15,27H,11,13,26H2,1-5H3,(H,28,29,30)/i2D3. The van der Waals surface area contributed by atoms with E-state index >= 15 is 0 Å². The molecule has 0 aliphatic carbocycles. The highest BCUT2D eigenvalue weighted by Crippen LogP contribution is 2.40. The molecule has 2 aromatic heterocycles. The third-order valence-corrected chi connectivity index (χ3v) is 5.69. The van der Waals surface area contributed by atoms with Gasteiger partial charge in [-0.1, -0.05) is 18.2 Å². The molecule has 8 heteroatoms. The second-order valence-electron chi connectivity index (χ2n) is 7.88. The van der Waals surface area contributed by atoms with Crippen LogP contribution in [0.25, 0.3) is 22.2 Å². The predicted octanol–water partition coefficient (Wildman–Crippen LogP) is 4.12. The van der Waals surface area contributed by atoms with Gasteiger partial charge in [-0.05, 0) is 32.6 Å². The van der Waals surface area contributed by atoms with Gasteiger partial charge in [-0.25, -0.2) is 9.97 Å². The molecule has 0 atom stereocenters. The van der Waals surface area contributed by atoms with Crippen LogP contribution in [-0.4, -0.2) is 54.2 Å². The van der Waals surface area contributed by atoms with Crippen LogP contribution in [0.15, 0.2) is 48.8 Å². The van der Waals surface area contributed by atoms with E-state index in [2.05, 4.69) is 32.3 Å². The number of hydrogen-bond acceptors (Lipinski definition) is 7.